The molecule has 2 aliphatic rings. The number of likely N-dealkylation sites (tertiary alicyclic amines) is 1. The van der Waals surface area contributed by atoms with E-state index in [1.165, 1.54) is 11.6 Å². The minimum Gasteiger partial charge on any atom is -0.389 e. The highest BCUT2D eigenvalue weighted by Gasteiger charge is 2.39. The molecule has 3 rings (SSSR count). The van der Waals surface area contributed by atoms with E-state index in [1.807, 2.05) is 36.9 Å². The fourth-order valence-electron chi connectivity index (χ4n) is 4.19. The molecule has 0 aromatic heterocycles. The summed E-state index contributed by atoms with van der Waals surface area (Å²) in [6.07, 6.45) is 5.58. The van der Waals surface area contributed by atoms with Crippen molar-refractivity contribution in [3.8, 4) is 0 Å². The molecular weight excluding hydrogens is 366 g/mol. The van der Waals surface area contributed by atoms with Gasteiger partial charge in [-0.2, -0.15) is 0 Å². The van der Waals surface area contributed by atoms with Crippen LogP contribution in [0, 0.1) is 5.92 Å². The van der Waals surface area contributed by atoms with Crippen LogP contribution in [-0.2, 0) is 20.8 Å². The lowest BCUT2D eigenvalue weighted by Gasteiger charge is -2.40. The summed E-state index contributed by atoms with van der Waals surface area (Å²) in [5, 5.41) is 7.01. The smallest absolute Gasteiger partial charge is 0.272 e. The molecular formula is C23H31N3O3. The molecule has 0 aliphatic carbocycles. The van der Waals surface area contributed by atoms with E-state index in [9.17, 15) is 9.59 Å². The zero-order chi connectivity index (χ0) is 20.9. The van der Waals surface area contributed by atoms with Crippen LogP contribution in [0.3, 0.4) is 0 Å². The van der Waals surface area contributed by atoms with Gasteiger partial charge in [0.2, 0.25) is 5.91 Å². The summed E-state index contributed by atoms with van der Waals surface area (Å²) in [4.78, 5) is 32.4. The SMILES string of the molecule is C=CC(=O)NCC(Cc1ccccc1)C1CCCCN1C(=O)C1=NOC(C)(C)C1. The van der Waals surface area contributed by atoms with Crippen molar-refractivity contribution in [3.05, 3.63) is 48.6 Å². The van der Waals surface area contributed by atoms with Gasteiger partial charge in [0.05, 0.1) is 0 Å². The number of nitrogens with zero attached hydrogens (tertiary/aromatic N) is 2. The first-order valence-electron chi connectivity index (χ1n) is 10.4. The third-order valence-corrected chi connectivity index (χ3v) is 5.66. The van der Waals surface area contributed by atoms with Crippen LogP contribution in [0.4, 0.5) is 0 Å². The van der Waals surface area contributed by atoms with Gasteiger partial charge in [0, 0.05) is 31.5 Å². The molecule has 156 valence electrons. The minimum atomic E-state index is -0.433. The molecule has 6 nitrogen and oxygen atoms in total. The molecule has 2 atom stereocenters. The third-order valence-electron chi connectivity index (χ3n) is 5.66. The highest BCUT2D eigenvalue weighted by atomic mass is 16.7. The summed E-state index contributed by atoms with van der Waals surface area (Å²) in [6.45, 7) is 8.63. The van der Waals surface area contributed by atoms with E-state index in [4.69, 9.17) is 4.84 Å². The second-order valence-corrected chi connectivity index (χ2v) is 8.53. The highest BCUT2D eigenvalue weighted by molar-refractivity contribution is 6.39. The molecule has 0 saturated carbocycles. The van der Waals surface area contributed by atoms with Gasteiger partial charge < -0.3 is 15.1 Å². The zero-order valence-electron chi connectivity index (χ0n) is 17.4. The van der Waals surface area contributed by atoms with Crippen molar-refractivity contribution in [2.24, 2.45) is 11.1 Å². The van der Waals surface area contributed by atoms with Crippen molar-refractivity contribution >= 4 is 17.5 Å². The second-order valence-electron chi connectivity index (χ2n) is 8.53. The van der Waals surface area contributed by atoms with Gasteiger partial charge in [-0.25, -0.2) is 0 Å². The normalized spacial score (nSPS) is 21.7. The number of piperidine rings is 1. The molecule has 1 fully saturated rings. The summed E-state index contributed by atoms with van der Waals surface area (Å²) in [7, 11) is 0. The van der Waals surface area contributed by atoms with Crippen molar-refractivity contribution in [2.45, 2.75) is 57.6 Å². The lowest BCUT2D eigenvalue weighted by molar-refractivity contribution is -0.129. The predicted molar refractivity (Wildman–Crippen MR) is 113 cm³/mol. The van der Waals surface area contributed by atoms with Crippen LogP contribution >= 0.6 is 0 Å². The number of benzene rings is 1. The number of carbonyl (C=O) groups is 2. The van der Waals surface area contributed by atoms with E-state index in [0.29, 0.717) is 25.2 Å². The summed E-state index contributed by atoms with van der Waals surface area (Å²) in [5.74, 6) is -0.109. The predicted octanol–water partition coefficient (Wildman–Crippen LogP) is 3.08. The Kier molecular flexibility index (Phi) is 6.72. The van der Waals surface area contributed by atoms with Crippen LogP contribution < -0.4 is 5.32 Å². The van der Waals surface area contributed by atoms with Gasteiger partial charge in [0.25, 0.3) is 5.91 Å². The standard InChI is InChI=1S/C23H31N3O3/c1-4-21(27)24-16-18(14-17-10-6-5-7-11-17)20-12-8-9-13-26(20)22(28)19-15-23(2,3)29-25-19/h4-7,10-11,18,20H,1,8-9,12-16H2,2-3H3,(H,24,27). The van der Waals surface area contributed by atoms with Crippen molar-refractivity contribution in [3.63, 3.8) is 0 Å². The lowest BCUT2D eigenvalue weighted by Crippen LogP contribution is -2.52. The van der Waals surface area contributed by atoms with Crippen molar-refractivity contribution < 1.29 is 14.4 Å². The average molecular weight is 398 g/mol. The van der Waals surface area contributed by atoms with Crippen LogP contribution in [0.1, 0.15) is 45.1 Å². The van der Waals surface area contributed by atoms with Gasteiger partial charge in [0.15, 0.2) is 0 Å². The summed E-state index contributed by atoms with van der Waals surface area (Å²) >= 11 is 0. The maximum absolute atomic E-state index is 13.3. The van der Waals surface area contributed by atoms with Crippen LogP contribution in [-0.4, -0.2) is 47.2 Å². The molecule has 2 amide bonds. The average Bonchev–Trinajstić information content (AvgIpc) is 3.10. The molecule has 2 heterocycles. The van der Waals surface area contributed by atoms with E-state index in [-0.39, 0.29) is 23.8 Å². The zero-order valence-corrected chi connectivity index (χ0v) is 17.4. The molecule has 2 unspecified atom stereocenters. The van der Waals surface area contributed by atoms with Crippen molar-refractivity contribution in [2.75, 3.05) is 13.1 Å². The Balaban J connectivity index is 1.79. The quantitative estimate of drug-likeness (QED) is 0.719. The molecule has 0 radical (unpaired) electrons. The Labute approximate surface area is 173 Å². The topological polar surface area (TPSA) is 71.0 Å². The van der Waals surface area contributed by atoms with Crippen molar-refractivity contribution in [1.29, 1.82) is 0 Å². The van der Waals surface area contributed by atoms with E-state index in [0.717, 1.165) is 25.7 Å². The fraction of sp³-hybridized carbons (Fsp3) is 0.522. The maximum atomic E-state index is 13.3. The number of hydrogen-bond acceptors (Lipinski definition) is 4. The lowest BCUT2D eigenvalue weighted by atomic mass is 9.85. The number of oxime groups is 1. The molecule has 2 aliphatic heterocycles. The van der Waals surface area contributed by atoms with E-state index < -0.39 is 5.60 Å². The number of amides is 2. The second kappa shape index (κ2) is 9.25. The van der Waals surface area contributed by atoms with Crippen LogP contribution in [0.25, 0.3) is 0 Å². The van der Waals surface area contributed by atoms with Gasteiger partial charge in [-0.15, -0.1) is 0 Å². The Morgan fingerprint density at radius 1 is 1.34 bits per heavy atom. The number of rotatable bonds is 7. The Hall–Kier alpha value is -2.63. The Morgan fingerprint density at radius 3 is 2.76 bits per heavy atom. The number of carbonyl (C=O) groups excluding carboxylic acids is 2. The minimum absolute atomic E-state index is 0.0339. The summed E-state index contributed by atoms with van der Waals surface area (Å²) < 4.78 is 0. The number of hydrogen-bond donors (Lipinski definition) is 1. The molecule has 0 spiro atoms. The van der Waals surface area contributed by atoms with Crippen LogP contribution in [0.5, 0.6) is 0 Å². The summed E-state index contributed by atoms with van der Waals surface area (Å²) in [6, 6.07) is 10.3. The fourth-order valence-corrected chi connectivity index (χ4v) is 4.19. The summed E-state index contributed by atoms with van der Waals surface area (Å²) in [5.41, 5.74) is 1.26. The molecule has 0 bridgehead atoms. The van der Waals surface area contributed by atoms with E-state index in [2.05, 4.69) is 29.2 Å². The first kappa shape index (κ1) is 21.1. The molecule has 6 heteroatoms. The molecule has 1 aromatic carbocycles. The van der Waals surface area contributed by atoms with Crippen LogP contribution in [0.15, 0.2) is 48.1 Å². The van der Waals surface area contributed by atoms with Gasteiger partial charge in [-0.3, -0.25) is 9.59 Å². The first-order chi connectivity index (χ1) is 13.9. The highest BCUT2D eigenvalue weighted by Crippen LogP contribution is 2.29. The third kappa shape index (κ3) is 5.46. The van der Waals surface area contributed by atoms with Gasteiger partial charge in [0.1, 0.15) is 11.3 Å². The largest absolute Gasteiger partial charge is 0.389 e. The number of nitrogens with one attached hydrogen (secondary N) is 1. The van der Waals surface area contributed by atoms with Crippen molar-refractivity contribution in [1.82, 2.24) is 10.2 Å². The van der Waals surface area contributed by atoms with Crippen LogP contribution in [0.2, 0.25) is 0 Å². The molecule has 1 N–H and O–H groups in total. The Morgan fingerprint density at radius 2 is 2.10 bits per heavy atom. The first-order valence-corrected chi connectivity index (χ1v) is 10.4. The van der Waals surface area contributed by atoms with Gasteiger partial charge >= 0.3 is 0 Å². The molecule has 1 aromatic rings. The van der Waals surface area contributed by atoms with Gasteiger partial charge in [-0.1, -0.05) is 42.1 Å². The molecule has 29 heavy (non-hydrogen) atoms. The van der Waals surface area contributed by atoms with E-state index in [1.54, 1.807) is 0 Å². The van der Waals surface area contributed by atoms with E-state index >= 15 is 0 Å². The maximum Gasteiger partial charge on any atom is 0.272 e. The molecule has 1 saturated heterocycles. The monoisotopic (exact) mass is 397 g/mol. The Bertz CT molecular complexity index is 773. The van der Waals surface area contributed by atoms with Gasteiger partial charge in [-0.05, 0) is 51.2 Å².